The minimum atomic E-state index is -4.68. The summed E-state index contributed by atoms with van der Waals surface area (Å²) < 4.78 is 42.2. The molecule has 1 aliphatic heterocycles. The van der Waals surface area contributed by atoms with Gasteiger partial charge < -0.3 is 10.6 Å². The highest BCUT2D eigenvalue weighted by Gasteiger charge is 2.41. The van der Waals surface area contributed by atoms with Crippen LogP contribution in [0.15, 0.2) is 42.5 Å². The molecule has 1 saturated heterocycles. The van der Waals surface area contributed by atoms with Gasteiger partial charge in [0.15, 0.2) is 0 Å². The Hall–Kier alpha value is -1.94. The number of amides is 2. The predicted molar refractivity (Wildman–Crippen MR) is 115 cm³/mol. The van der Waals surface area contributed by atoms with Gasteiger partial charge in [-0.3, -0.25) is 14.3 Å². The fourth-order valence-corrected chi connectivity index (χ4v) is 4.74. The predicted octanol–water partition coefficient (Wildman–Crippen LogP) is 4.64. The molecule has 1 aliphatic rings. The van der Waals surface area contributed by atoms with Gasteiger partial charge in [-0.15, -0.1) is 0 Å². The summed E-state index contributed by atoms with van der Waals surface area (Å²) >= 11 is 12.8. The molecular weight excluding hydrogens is 474 g/mol. The van der Waals surface area contributed by atoms with Gasteiger partial charge in [0.1, 0.15) is 5.37 Å². The van der Waals surface area contributed by atoms with Crippen molar-refractivity contribution in [2.45, 2.75) is 31.1 Å². The van der Waals surface area contributed by atoms with Crippen LogP contribution in [-0.2, 0) is 17.5 Å². The maximum atomic E-state index is 13.1. The van der Waals surface area contributed by atoms with E-state index in [0.29, 0.717) is 5.02 Å². The minimum absolute atomic E-state index is 0.268. The Labute approximate surface area is 191 Å². The molecule has 0 bridgehead atoms. The lowest BCUT2D eigenvalue weighted by Crippen LogP contribution is -2.46. The van der Waals surface area contributed by atoms with Crippen molar-refractivity contribution in [3.8, 4) is 0 Å². The molecule has 166 valence electrons. The summed E-state index contributed by atoms with van der Waals surface area (Å²) in [5.41, 5.74) is -0.554. The molecule has 3 atom stereocenters. The second-order valence-electron chi connectivity index (χ2n) is 6.95. The lowest BCUT2D eigenvalue weighted by Gasteiger charge is -2.21. The van der Waals surface area contributed by atoms with Gasteiger partial charge in [-0.25, -0.2) is 0 Å². The van der Waals surface area contributed by atoms with E-state index < -0.39 is 34.0 Å². The number of nitrogens with one attached hydrogen (secondary N) is 3. The molecule has 0 aliphatic carbocycles. The van der Waals surface area contributed by atoms with Crippen LogP contribution in [0.5, 0.6) is 0 Å². The number of hydrogen-bond acceptors (Lipinski definition) is 4. The van der Waals surface area contributed by atoms with Crippen molar-refractivity contribution in [1.82, 2.24) is 15.4 Å². The van der Waals surface area contributed by atoms with Crippen LogP contribution in [0.2, 0.25) is 10.0 Å². The average molecular weight is 492 g/mol. The largest absolute Gasteiger partial charge is 0.417 e. The highest BCUT2D eigenvalue weighted by Crippen LogP contribution is 2.36. The molecule has 3 rings (SSSR count). The Kier molecular flexibility index (Phi) is 7.41. The molecule has 2 aromatic rings. The van der Waals surface area contributed by atoms with E-state index in [1.54, 1.807) is 31.2 Å². The maximum Gasteiger partial charge on any atom is 0.417 e. The van der Waals surface area contributed by atoms with E-state index in [4.69, 9.17) is 23.2 Å². The van der Waals surface area contributed by atoms with Gasteiger partial charge in [0.2, 0.25) is 5.91 Å². The average Bonchev–Trinajstić information content (AvgIpc) is 3.06. The van der Waals surface area contributed by atoms with Crippen molar-refractivity contribution in [3.63, 3.8) is 0 Å². The quantitative estimate of drug-likeness (QED) is 0.532. The van der Waals surface area contributed by atoms with Crippen LogP contribution in [0, 0.1) is 5.92 Å². The monoisotopic (exact) mass is 491 g/mol. The number of carbonyl (C=O) groups excluding carboxylic acids is 2. The number of rotatable bonds is 5. The van der Waals surface area contributed by atoms with Gasteiger partial charge in [-0.2, -0.15) is 13.2 Å². The van der Waals surface area contributed by atoms with Crippen LogP contribution in [-0.4, -0.2) is 23.2 Å². The van der Waals surface area contributed by atoms with Crippen LogP contribution in [0.1, 0.15) is 28.4 Å². The van der Waals surface area contributed by atoms with Gasteiger partial charge in [-0.05, 0) is 36.8 Å². The molecule has 2 aromatic carbocycles. The first kappa shape index (κ1) is 23.7. The molecule has 0 aromatic heterocycles. The van der Waals surface area contributed by atoms with Crippen LogP contribution in [0.4, 0.5) is 13.2 Å². The Balaban J connectivity index is 1.70. The van der Waals surface area contributed by atoms with Gasteiger partial charge in [0.25, 0.3) is 5.91 Å². The van der Waals surface area contributed by atoms with E-state index in [9.17, 15) is 22.8 Å². The molecule has 3 N–H and O–H groups in total. The lowest BCUT2D eigenvalue weighted by atomic mass is 10.00. The van der Waals surface area contributed by atoms with E-state index >= 15 is 0 Å². The zero-order valence-corrected chi connectivity index (χ0v) is 18.4. The molecule has 11 heteroatoms. The lowest BCUT2D eigenvalue weighted by molar-refractivity contribution is -0.137. The third-order valence-electron chi connectivity index (χ3n) is 4.75. The molecule has 0 radical (unpaired) electrons. The number of benzene rings is 2. The van der Waals surface area contributed by atoms with Crippen LogP contribution < -0.4 is 15.4 Å². The number of halogens is 5. The highest BCUT2D eigenvalue weighted by molar-refractivity contribution is 7.98. The first-order valence-electron chi connectivity index (χ1n) is 9.18. The number of alkyl halides is 3. The van der Waals surface area contributed by atoms with Crippen LogP contribution >= 0.6 is 35.1 Å². The first-order valence-corrected chi connectivity index (χ1v) is 10.8. The molecule has 31 heavy (non-hydrogen) atoms. The standard InChI is InChI=1S/C20H18Cl2F3N3O2S/c1-10-15(18(30)26-9-11-5-7-12(21)8-6-11)19(31-28-10)27-17(29)13-3-2-4-14(16(13)22)20(23,24)25/h2-8,10,15,19,28H,9H2,1H3,(H,26,30)(H,27,29). The second-order valence-corrected chi connectivity index (χ2v) is 8.75. The topological polar surface area (TPSA) is 70.2 Å². The molecular formula is C20H18Cl2F3N3O2S. The van der Waals surface area contributed by atoms with Crippen molar-refractivity contribution < 1.29 is 22.8 Å². The summed E-state index contributed by atoms with van der Waals surface area (Å²) in [6.07, 6.45) is -4.68. The zero-order chi connectivity index (χ0) is 22.8. The fourth-order valence-electron chi connectivity index (χ4n) is 3.12. The highest BCUT2D eigenvalue weighted by atomic mass is 35.5. The smallest absolute Gasteiger partial charge is 0.352 e. The Bertz CT molecular complexity index is 973. The molecule has 2 amide bonds. The third kappa shape index (κ3) is 5.65. The summed E-state index contributed by atoms with van der Waals surface area (Å²) in [5.74, 6) is -1.74. The van der Waals surface area contributed by atoms with Crippen molar-refractivity contribution in [3.05, 3.63) is 69.2 Å². The van der Waals surface area contributed by atoms with Gasteiger partial charge in [0.05, 0.1) is 22.1 Å². The molecule has 5 nitrogen and oxygen atoms in total. The number of carbonyl (C=O) groups is 2. The molecule has 1 fully saturated rings. The van der Waals surface area contributed by atoms with Crippen LogP contribution in [0.25, 0.3) is 0 Å². The minimum Gasteiger partial charge on any atom is -0.352 e. The van der Waals surface area contributed by atoms with E-state index in [1.807, 2.05) is 0 Å². The van der Waals surface area contributed by atoms with Crippen molar-refractivity contribution in [2.75, 3.05) is 0 Å². The van der Waals surface area contributed by atoms with Crippen molar-refractivity contribution >= 4 is 47.0 Å². The Morgan fingerprint density at radius 1 is 1.13 bits per heavy atom. The van der Waals surface area contributed by atoms with Gasteiger partial charge in [-0.1, -0.05) is 53.3 Å². The molecule has 1 heterocycles. The maximum absolute atomic E-state index is 13.1. The van der Waals surface area contributed by atoms with Crippen molar-refractivity contribution in [2.24, 2.45) is 5.92 Å². The van der Waals surface area contributed by atoms with E-state index in [0.717, 1.165) is 29.6 Å². The normalized spacial score (nSPS) is 21.0. The summed E-state index contributed by atoms with van der Waals surface area (Å²) in [4.78, 5) is 25.4. The Morgan fingerprint density at radius 3 is 2.45 bits per heavy atom. The first-order chi connectivity index (χ1) is 14.6. The summed E-state index contributed by atoms with van der Waals surface area (Å²) in [6, 6.07) is 9.82. The van der Waals surface area contributed by atoms with Crippen LogP contribution in [0.3, 0.4) is 0 Å². The SMILES string of the molecule is CC1NSC(NC(=O)c2cccc(C(F)(F)F)c2Cl)C1C(=O)NCc1ccc(Cl)cc1. The second kappa shape index (κ2) is 9.68. The van der Waals surface area contributed by atoms with E-state index in [1.165, 1.54) is 6.07 Å². The third-order valence-corrected chi connectivity index (χ3v) is 6.58. The van der Waals surface area contributed by atoms with Gasteiger partial charge in [0, 0.05) is 17.6 Å². The zero-order valence-electron chi connectivity index (χ0n) is 16.1. The molecule has 0 saturated carbocycles. The summed E-state index contributed by atoms with van der Waals surface area (Å²) in [7, 11) is 0. The summed E-state index contributed by atoms with van der Waals surface area (Å²) in [5, 5.41) is 4.63. The van der Waals surface area contributed by atoms with E-state index in [2.05, 4.69) is 15.4 Å². The van der Waals surface area contributed by atoms with Crippen molar-refractivity contribution in [1.29, 1.82) is 0 Å². The fraction of sp³-hybridized carbons (Fsp3) is 0.300. The number of hydrogen-bond donors (Lipinski definition) is 3. The van der Waals surface area contributed by atoms with E-state index in [-0.39, 0.29) is 24.1 Å². The summed E-state index contributed by atoms with van der Waals surface area (Å²) in [6.45, 7) is 2.05. The molecule has 0 spiro atoms. The molecule has 3 unspecified atom stereocenters. The van der Waals surface area contributed by atoms with Gasteiger partial charge >= 0.3 is 6.18 Å². The Morgan fingerprint density at radius 2 is 1.81 bits per heavy atom.